The van der Waals surface area contributed by atoms with Crippen molar-refractivity contribution >= 4 is 35.0 Å². The lowest BCUT2D eigenvalue weighted by molar-refractivity contribution is -0.133. The normalized spacial score (nSPS) is 12.7. The quantitative estimate of drug-likeness (QED) is 0.890. The van der Waals surface area contributed by atoms with Crippen LogP contribution >= 0.6 is 23.2 Å². The fourth-order valence-electron chi connectivity index (χ4n) is 1.48. The van der Waals surface area contributed by atoms with E-state index in [1.165, 1.54) is 0 Å². The van der Waals surface area contributed by atoms with Crippen molar-refractivity contribution in [1.29, 1.82) is 0 Å². The maximum absolute atomic E-state index is 12.0. The van der Waals surface area contributed by atoms with Crippen LogP contribution in [0.2, 0.25) is 10.0 Å². The summed E-state index contributed by atoms with van der Waals surface area (Å²) in [5.74, 6) is -0.437. The van der Waals surface area contributed by atoms with E-state index in [0.29, 0.717) is 10.0 Å². The highest BCUT2D eigenvalue weighted by Gasteiger charge is 2.24. The second-order valence-corrected chi connectivity index (χ2v) is 6.74. The van der Waals surface area contributed by atoms with Crippen LogP contribution in [0.3, 0.4) is 0 Å². The van der Waals surface area contributed by atoms with E-state index < -0.39 is 11.5 Å². The number of halogens is 2. The average Bonchev–Trinajstić information content (AvgIpc) is 2.36. The summed E-state index contributed by atoms with van der Waals surface area (Å²) in [6.45, 7) is 7.30. The maximum Gasteiger partial charge on any atom is 0.242 e. The first-order chi connectivity index (χ1) is 9.61. The molecule has 0 spiro atoms. The Hall–Kier alpha value is -1.26. The van der Waals surface area contributed by atoms with E-state index in [1.54, 1.807) is 45.9 Å². The minimum Gasteiger partial charge on any atom is -0.350 e. The van der Waals surface area contributed by atoms with Gasteiger partial charge >= 0.3 is 0 Å². The fourth-order valence-corrected chi connectivity index (χ4v) is 1.95. The third-order valence-electron chi connectivity index (χ3n) is 2.89. The molecule has 0 aromatic heterocycles. The number of hydrogen-bond donors (Lipinski definition) is 2. The van der Waals surface area contributed by atoms with E-state index >= 15 is 0 Å². The molecule has 0 aliphatic heterocycles. The van der Waals surface area contributed by atoms with E-state index in [4.69, 9.17) is 23.2 Å². The first kappa shape index (κ1) is 17.8. The van der Waals surface area contributed by atoms with Gasteiger partial charge in [0.15, 0.2) is 0 Å². The van der Waals surface area contributed by atoms with Gasteiger partial charge in [0.1, 0.15) is 6.04 Å². The molecule has 1 unspecified atom stereocenters. The SMILES string of the molecule is CC(NC(=O)C(C)(C)C)C(=O)NCc1ccc(Cl)cc1Cl. The number of hydrogen-bond acceptors (Lipinski definition) is 2. The third-order valence-corrected chi connectivity index (χ3v) is 3.48. The second-order valence-electron chi connectivity index (χ2n) is 5.90. The molecule has 0 aliphatic rings. The number of rotatable bonds is 4. The lowest BCUT2D eigenvalue weighted by Gasteiger charge is -2.21. The Morgan fingerprint density at radius 3 is 2.38 bits per heavy atom. The molecule has 0 fully saturated rings. The van der Waals surface area contributed by atoms with Crippen LogP contribution in [0.25, 0.3) is 0 Å². The molecule has 1 aromatic carbocycles. The molecule has 4 nitrogen and oxygen atoms in total. The van der Waals surface area contributed by atoms with Crippen molar-refractivity contribution in [3.63, 3.8) is 0 Å². The summed E-state index contributed by atoms with van der Waals surface area (Å²) < 4.78 is 0. The van der Waals surface area contributed by atoms with Gasteiger partial charge in [-0.2, -0.15) is 0 Å². The molecule has 2 amide bonds. The molecular formula is C15H20Cl2N2O2. The number of nitrogens with one attached hydrogen (secondary N) is 2. The Bertz CT molecular complexity index is 539. The predicted octanol–water partition coefficient (Wildman–Crippen LogP) is 3.16. The van der Waals surface area contributed by atoms with Crippen molar-refractivity contribution in [3.8, 4) is 0 Å². The number of carbonyl (C=O) groups excluding carboxylic acids is 2. The molecule has 21 heavy (non-hydrogen) atoms. The Morgan fingerprint density at radius 1 is 1.24 bits per heavy atom. The standard InChI is InChI=1S/C15H20Cl2N2O2/c1-9(19-14(21)15(2,3)4)13(20)18-8-10-5-6-11(16)7-12(10)17/h5-7,9H,8H2,1-4H3,(H,18,20)(H,19,21). The van der Waals surface area contributed by atoms with Gasteiger partial charge in [-0.25, -0.2) is 0 Å². The second kappa shape index (κ2) is 7.14. The fraction of sp³-hybridized carbons (Fsp3) is 0.467. The van der Waals surface area contributed by atoms with Crippen LogP contribution in [-0.2, 0) is 16.1 Å². The Balaban J connectivity index is 2.55. The number of carbonyl (C=O) groups is 2. The first-order valence-electron chi connectivity index (χ1n) is 6.64. The van der Waals surface area contributed by atoms with Gasteiger partial charge in [0, 0.05) is 22.0 Å². The first-order valence-corrected chi connectivity index (χ1v) is 7.39. The predicted molar refractivity (Wildman–Crippen MR) is 85.4 cm³/mol. The summed E-state index contributed by atoms with van der Waals surface area (Å²) in [4.78, 5) is 23.8. The molecule has 2 N–H and O–H groups in total. The molecule has 0 heterocycles. The molecule has 0 bridgehead atoms. The van der Waals surface area contributed by atoms with Gasteiger partial charge in [-0.1, -0.05) is 50.0 Å². The van der Waals surface area contributed by atoms with Crippen molar-refractivity contribution in [1.82, 2.24) is 10.6 Å². The lowest BCUT2D eigenvalue weighted by Crippen LogP contribution is -2.48. The highest BCUT2D eigenvalue weighted by molar-refractivity contribution is 6.35. The summed E-state index contributed by atoms with van der Waals surface area (Å²) >= 11 is 11.8. The minimum absolute atomic E-state index is 0.172. The summed E-state index contributed by atoms with van der Waals surface area (Å²) in [6, 6.07) is 4.47. The molecule has 116 valence electrons. The number of amides is 2. The summed E-state index contributed by atoms with van der Waals surface area (Å²) in [5, 5.41) is 6.45. The van der Waals surface area contributed by atoms with E-state index in [2.05, 4.69) is 10.6 Å². The highest BCUT2D eigenvalue weighted by atomic mass is 35.5. The van der Waals surface area contributed by atoms with E-state index in [0.717, 1.165) is 5.56 Å². The van der Waals surface area contributed by atoms with E-state index in [-0.39, 0.29) is 18.4 Å². The molecule has 0 saturated carbocycles. The lowest BCUT2D eigenvalue weighted by atomic mass is 9.95. The van der Waals surface area contributed by atoms with Crippen LogP contribution in [0, 0.1) is 5.41 Å². The Labute approximate surface area is 135 Å². The highest BCUT2D eigenvalue weighted by Crippen LogP contribution is 2.20. The molecular weight excluding hydrogens is 311 g/mol. The van der Waals surface area contributed by atoms with Crippen LogP contribution in [-0.4, -0.2) is 17.9 Å². The van der Waals surface area contributed by atoms with Gasteiger partial charge in [-0.3, -0.25) is 9.59 Å². The molecule has 0 aliphatic carbocycles. The van der Waals surface area contributed by atoms with Crippen LogP contribution in [0.5, 0.6) is 0 Å². The molecule has 6 heteroatoms. The van der Waals surface area contributed by atoms with E-state index in [9.17, 15) is 9.59 Å². The zero-order chi connectivity index (χ0) is 16.2. The molecule has 1 aromatic rings. The van der Waals surface area contributed by atoms with Gasteiger partial charge < -0.3 is 10.6 Å². The summed E-state index contributed by atoms with van der Waals surface area (Å²) in [5.41, 5.74) is 0.234. The zero-order valence-electron chi connectivity index (χ0n) is 12.6. The maximum atomic E-state index is 12.0. The van der Waals surface area contributed by atoms with Crippen LogP contribution in [0.4, 0.5) is 0 Å². The monoisotopic (exact) mass is 330 g/mol. The van der Waals surface area contributed by atoms with Crippen molar-refractivity contribution in [2.45, 2.75) is 40.3 Å². The average molecular weight is 331 g/mol. The molecule has 0 radical (unpaired) electrons. The van der Waals surface area contributed by atoms with Crippen molar-refractivity contribution < 1.29 is 9.59 Å². The smallest absolute Gasteiger partial charge is 0.242 e. The van der Waals surface area contributed by atoms with Gasteiger partial charge in [0.2, 0.25) is 11.8 Å². The summed E-state index contributed by atoms with van der Waals surface area (Å²) in [7, 11) is 0. The largest absolute Gasteiger partial charge is 0.350 e. The van der Waals surface area contributed by atoms with Crippen molar-refractivity contribution in [3.05, 3.63) is 33.8 Å². The van der Waals surface area contributed by atoms with Gasteiger partial charge in [-0.05, 0) is 24.6 Å². The minimum atomic E-state index is -0.609. The number of benzene rings is 1. The van der Waals surface area contributed by atoms with Gasteiger partial charge in [0.25, 0.3) is 0 Å². The summed E-state index contributed by atoms with van der Waals surface area (Å²) in [6.07, 6.45) is 0. The van der Waals surface area contributed by atoms with Crippen LogP contribution in [0.15, 0.2) is 18.2 Å². The molecule has 0 saturated heterocycles. The topological polar surface area (TPSA) is 58.2 Å². The van der Waals surface area contributed by atoms with Gasteiger partial charge in [-0.15, -0.1) is 0 Å². The molecule has 1 atom stereocenters. The van der Waals surface area contributed by atoms with Gasteiger partial charge in [0.05, 0.1) is 0 Å². The van der Waals surface area contributed by atoms with Crippen molar-refractivity contribution in [2.75, 3.05) is 0 Å². The third kappa shape index (κ3) is 5.56. The zero-order valence-corrected chi connectivity index (χ0v) is 14.1. The van der Waals surface area contributed by atoms with E-state index in [1.807, 2.05) is 0 Å². The van der Waals surface area contributed by atoms with Crippen molar-refractivity contribution in [2.24, 2.45) is 5.41 Å². The molecule has 1 rings (SSSR count). The Kier molecular flexibility index (Phi) is 6.05. The van der Waals surface area contributed by atoms with Crippen LogP contribution < -0.4 is 10.6 Å². The van der Waals surface area contributed by atoms with Crippen LogP contribution in [0.1, 0.15) is 33.3 Å². The Morgan fingerprint density at radius 2 is 1.86 bits per heavy atom.